The first-order valence-corrected chi connectivity index (χ1v) is 21.1. The molecule has 4 aromatic carbocycles. The van der Waals surface area contributed by atoms with E-state index >= 15 is 0 Å². The highest BCUT2D eigenvalue weighted by atomic mass is 32.2. The number of fused-ring (bicyclic) bond motifs is 2. The molecule has 2 atom stereocenters. The zero-order chi connectivity index (χ0) is 41.4. The van der Waals surface area contributed by atoms with Crippen molar-refractivity contribution in [1.29, 1.82) is 0 Å². The second-order valence-corrected chi connectivity index (χ2v) is 17.3. The van der Waals surface area contributed by atoms with E-state index in [0.717, 1.165) is 90.6 Å². The monoisotopic (exact) mass is 832 g/mol. The number of carboxylic acids is 2. The molecular weight excluding hydrogens is 790 g/mol. The lowest BCUT2D eigenvalue weighted by atomic mass is 9.83. The van der Waals surface area contributed by atoms with Crippen LogP contribution in [0, 0.1) is 6.92 Å². The van der Waals surface area contributed by atoms with Crippen LogP contribution in [-0.4, -0.2) is 65.3 Å². The lowest BCUT2D eigenvalue weighted by Crippen LogP contribution is -2.30. The fraction of sp³-hybridized carbons (Fsp3) is 0.350. The summed E-state index contributed by atoms with van der Waals surface area (Å²) in [6.07, 6.45) is 0.530. The van der Waals surface area contributed by atoms with Crippen molar-refractivity contribution in [2.45, 2.75) is 73.3 Å². The van der Waals surface area contributed by atoms with Crippen molar-refractivity contribution in [3.63, 3.8) is 0 Å². The number of aliphatic carboxylic acids is 2. The topological polar surface area (TPSA) is 185 Å². The minimum Gasteiger partial charge on any atom is -0.482 e. The second-order valence-electron chi connectivity index (χ2n) is 13.8. The number of rotatable bonds is 14. The molecule has 4 aromatic rings. The highest BCUT2D eigenvalue weighted by Crippen LogP contribution is 2.35. The molecule has 0 amide bonds. The molecule has 17 heteroatoms. The van der Waals surface area contributed by atoms with E-state index in [0.29, 0.717) is 18.0 Å². The first-order valence-electron chi connectivity index (χ1n) is 18.1. The SMILES string of the molecule is Cc1ccc(S(=O)(=O)NCC2CCCc3cc(OCC(=O)O)ccc32)cc1.O=C(O)COc1ccc2c(c1)CCCC2CNS(=O)(=O)c1ccc(C(F)(F)F)cc1. The lowest BCUT2D eigenvalue weighted by Gasteiger charge is -2.26. The minimum absolute atomic E-state index is 0.0856. The molecule has 0 bridgehead atoms. The fourth-order valence-corrected chi connectivity index (χ4v) is 8.97. The summed E-state index contributed by atoms with van der Waals surface area (Å²) in [5.74, 6) is -1.16. The Morgan fingerprint density at radius 2 is 1.07 bits per heavy atom. The van der Waals surface area contributed by atoms with Crippen LogP contribution in [-0.2, 0) is 48.7 Å². The number of sulfonamides is 2. The molecule has 0 aliphatic heterocycles. The van der Waals surface area contributed by atoms with Crippen molar-refractivity contribution in [2.75, 3.05) is 26.3 Å². The number of hydrogen-bond donors (Lipinski definition) is 4. The molecule has 0 saturated heterocycles. The Kier molecular flexibility index (Phi) is 14.0. The van der Waals surface area contributed by atoms with Crippen LogP contribution in [0.25, 0.3) is 0 Å². The lowest BCUT2D eigenvalue weighted by molar-refractivity contribution is -0.140. The highest BCUT2D eigenvalue weighted by Gasteiger charge is 2.31. The van der Waals surface area contributed by atoms with Gasteiger partial charge in [-0.25, -0.2) is 35.9 Å². The van der Waals surface area contributed by atoms with Crippen molar-refractivity contribution in [2.24, 2.45) is 0 Å². The van der Waals surface area contributed by atoms with Crippen LogP contribution in [0.5, 0.6) is 11.5 Å². The quantitative estimate of drug-likeness (QED) is 0.111. The summed E-state index contributed by atoms with van der Waals surface area (Å²) in [6.45, 7) is 1.52. The van der Waals surface area contributed by atoms with E-state index in [1.165, 1.54) is 0 Å². The molecule has 0 heterocycles. The summed E-state index contributed by atoms with van der Waals surface area (Å²) in [5, 5.41) is 17.4. The van der Waals surface area contributed by atoms with Crippen LogP contribution < -0.4 is 18.9 Å². The van der Waals surface area contributed by atoms with Crippen molar-refractivity contribution in [3.8, 4) is 11.5 Å². The molecule has 2 unspecified atom stereocenters. The Balaban J connectivity index is 0.000000219. The molecule has 57 heavy (non-hydrogen) atoms. The Labute approximate surface area is 329 Å². The number of benzene rings is 4. The summed E-state index contributed by atoms with van der Waals surface area (Å²) in [6, 6.07) is 20.8. The van der Waals surface area contributed by atoms with Gasteiger partial charge in [-0.2, -0.15) is 13.2 Å². The maximum atomic E-state index is 12.7. The van der Waals surface area contributed by atoms with Crippen molar-refractivity contribution in [3.05, 3.63) is 118 Å². The Hall–Kier alpha value is -4.97. The molecule has 306 valence electrons. The molecule has 0 aromatic heterocycles. The van der Waals surface area contributed by atoms with Crippen LogP contribution in [0.3, 0.4) is 0 Å². The van der Waals surface area contributed by atoms with Crippen molar-refractivity contribution < 1.29 is 59.3 Å². The summed E-state index contributed by atoms with van der Waals surface area (Å²) in [7, 11) is -7.50. The summed E-state index contributed by atoms with van der Waals surface area (Å²) in [4.78, 5) is 21.3. The van der Waals surface area contributed by atoms with Gasteiger partial charge < -0.3 is 19.7 Å². The Morgan fingerprint density at radius 3 is 1.46 bits per heavy atom. The van der Waals surface area contributed by atoms with Gasteiger partial charge in [0, 0.05) is 13.1 Å². The normalized spacial score (nSPS) is 16.6. The highest BCUT2D eigenvalue weighted by molar-refractivity contribution is 7.89. The number of carboxylic acid groups (broad SMARTS) is 2. The summed E-state index contributed by atoms with van der Waals surface area (Å²) in [5.41, 5.74) is 4.18. The fourth-order valence-electron chi connectivity index (χ4n) is 6.80. The maximum Gasteiger partial charge on any atom is 0.416 e. The molecule has 12 nitrogen and oxygen atoms in total. The van der Waals surface area contributed by atoms with Gasteiger partial charge in [0.15, 0.2) is 13.2 Å². The van der Waals surface area contributed by atoms with Gasteiger partial charge in [0.25, 0.3) is 0 Å². The van der Waals surface area contributed by atoms with E-state index < -0.39 is 50.3 Å². The number of carbonyl (C=O) groups is 2. The number of halogens is 3. The molecule has 0 spiro atoms. The number of nitrogens with one attached hydrogen (secondary N) is 2. The predicted molar refractivity (Wildman–Crippen MR) is 204 cm³/mol. The van der Waals surface area contributed by atoms with Crippen molar-refractivity contribution >= 4 is 32.0 Å². The minimum atomic E-state index is -4.53. The van der Waals surface area contributed by atoms with Gasteiger partial charge in [-0.15, -0.1) is 0 Å². The molecule has 0 saturated carbocycles. The van der Waals surface area contributed by atoms with Crippen LogP contribution in [0.4, 0.5) is 13.2 Å². The number of hydrogen-bond acceptors (Lipinski definition) is 8. The third-order valence-electron chi connectivity index (χ3n) is 9.69. The molecule has 2 aliphatic rings. The number of ether oxygens (including phenoxy) is 2. The number of alkyl halides is 3. The standard InChI is InChI=1S/C20H20F3NO5S.C20H23NO5S/c21-20(22,23)15-4-7-17(8-5-15)30(27,28)24-11-14-3-1-2-13-10-16(6-9-18(13)14)29-12-19(25)26;1-14-5-8-18(9-6-14)27(24,25)21-12-16-4-2-3-15-11-17(7-10-19(15)16)26-13-20(22)23/h4-10,14,24H,1-3,11-12H2,(H,25,26);5-11,16,21H,2-4,12-13H2,1H3,(H,22,23). The molecule has 6 rings (SSSR count). The van der Waals surface area contributed by atoms with Crippen LogP contribution in [0.2, 0.25) is 0 Å². The van der Waals surface area contributed by atoms with Gasteiger partial charge in [-0.1, -0.05) is 29.8 Å². The average molecular weight is 833 g/mol. The van der Waals surface area contributed by atoms with Crippen LogP contribution in [0.15, 0.2) is 94.7 Å². The second kappa shape index (κ2) is 18.5. The molecular formula is C40H43F3N2O10S2. The largest absolute Gasteiger partial charge is 0.482 e. The van der Waals surface area contributed by atoms with Gasteiger partial charge in [0.05, 0.1) is 15.4 Å². The molecule has 0 fully saturated rings. The zero-order valence-corrected chi connectivity index (χ0v) is 32.6. The predicted octanol–water partition coefficient (Wildman–Crippen LogP) is 6.42. The van der Waals surface area contributed by atoms with Crippen LogP contribution in [0.1, 0.15) is 70.9 Å². The smallest absolute Gasteiger partial charge is 0.416 e. The zero-order valence-electron chi connectivity index (χ0n) is 30.9. The van der Waals surface area contributed by atoms with Gasteiger partial charge in [-0.05, 0) is 140 Å². The van der Waals surface area contributed by atoms with E-state index in [4.69, 9.17) is 19.7 Å². The van der Waals surface area contributed by atoms with E-state index in [-0.39, 0.29) is 34.8 Å². The molecule has 4 N–H and O–H groups in total. The Bertz CT molecular complexity index is 2270. The maximum absolute atomic E-state index is 12.7. The van der Waals surface area contributed by atoms with E-state index in [9.17, 15) is 39.6 Å². The Morgan fingerprint density at radius 1 is 0.667 bits per heavy atom. The van der Waals surface area contributed by atoms with Gasteiger partial charge in [0.2, 0.25) is 20.0 Å². The summed E-state index contributed by atoms with van der Waals surface area (Å²) < 4.78 is 104. The van der Waals surface area contributed by atoms with Crippen LogP contribution >= 0.6 is 0 Å². The van der Waals surface area contributed by atoms with Gasteiger partial charge >= 0.3 is 18.1 Å². The van der Waals surface area contributed by atoms with Crippen molar-refractivity contribution in [1.82, 2.24) is 9.44 Å². The van der Waals surface area contributed by atoms with Gasteiger partial charge in [-0.3, -0.25) is 0 Å². The van der Waals surface area contributed by atoms with E-state index in [2.05, 4.69) is 9.44 Å². The van der Waals surface area contributed by atoms with E-state index in [1.807, 2.05) is 19.1 Å². The van der Waals surface area contributed by atoms with Gasteiger partial charge in [0.1, 0.15) is 11.5 Å². The van der Waals surface area contributed by atoms with E-state index in [1.54, 1.807) is 48.5 Å². The first-order chi connectivity index (χ1) is 26.9. The number of aryl methyl sites for hydroxylation is 3. The summed E-state index contributed by atoms with van der Waals surface area (Å²) >= 11 is 0. The third-order valence-corrected chi connectivity index (χ3v) is 12.6. The third kappa shape index (κ3) is 12.0. The molecule has 0 radical (unpaired) electrons. The molecule has 2 aliphatic carbocycles. The average Bonchev–Trinajstić information content (AvgIpc) is 3.17. The first kappa shape index (κ1) is 43.2.